The summed E-state index contributed by atoms with van der Waals surface area (Å²) in [7, 11) is 0. The molecule has 15 nitrogen and oxygen atoms in total. The van der Waals surface area contributed by atoms with E-state index < -0.39 is 61.1 Å². The summed E-state index contributed by atoms with van der Waals surface area (Å²) in [6, 6.07) is 0. The Hall–Kier alpha value is -3.53. The normalized spacial score (nSPS) is 14.2. The summed E-state index contributed by atoms with van der Waals surface area (Å²) >= 11 is 0.952. The Labute approximate surface area is 229 Å². The molecule has 1 saturated heterocycles. The lowest BCUT2D eigenvalue weighted by molar-refractivity contribution is -0.166. The van der Waals surface area contributed by atoms with Gasteiger partial charge in [-0.2, -0.15) is 4.37 Å². The van der Waals surface area contributed by atoms with Gasteiger partial charge >= 0.3 is 23.9 Å². The van der Waals surface area contributed by atoms with E-state index in [1.807, 2.05) is 4.90 Å². The second-order valence-corrected chi connectivity index (χ2v) is 9.95. The molecule has 0 saturated carbocycles. The van der Waals surface area contributed by atoms with Crippen LogP contribution in [0.15, 0.2) is 0 Å². The number of morpholine rings is 1. The Balaban J connectivity index is 2.12. The molecule has 218 valence electrons. The molecule has 16 heteroatoms. The van der Waals surface area contributed by atoms with Crippen LogP contribution >= 0.6 is 11.7 Å². The molecule has 1 fully saturated rings. The molecule has 0 bridgehead atoms. The lowest BCUT2D eigenvalue weighted by atomic mass is 10.1. The molecule has 1 amide bonds. The van der Waals surface area contributed by atoms with E-state index in [0.717, 1.165) is 18.7 Å². The molecule has 1 atom stereocenters. The molecule has 1 aromatic rings. The maximum absolute atomic E-state index is 13.0. The SMILES string of the molecule is CC(=O)OCC(=O)O[C@H](COc1nsnc1N1CCOCC1)CN(C(=O)COC(=O)CCC(=O)O)C(C)(C)C. The third-order valence-corrected chi connectivity index (χ3v) is 5.75. The zero-order valence-corrected chi connectivity index (χ0v) is 23.2. The minimum atomic E-state index is -1.17. The van der Waals surface area contributed by atoms with Gasteiger partial charge in [-0.1, -0.05) is 0 Å². The number of nitrogens with zero attached hydrogens (tertiary/aromatic N) is 4. The number of aromatic nitrogens is 2. The van der Waals surface area contributed by atoms with E-state index >= 15 is 0 Å². The van der Waals surface area contributed by atoms with Crippen LogP contribution in [0.3, 0.4) is 0 Å². The van der Waals surface area contributed by atoms with Gasteiger partial charge in [-0.25, -0.2) is 4.79 Å². The Bertz CT molecular complexity index is 1000. The van der Waals surface area contributed by atoms with Gasteiger partial charge in [-0.05, 0) is 20.8 Å². The number of hydrogen-bond acceptors (Lipinski definition) is 14. The molecule has 1 aliphatic heterocycles. The lowest BCUT2D eigenvalue weighted by Crippen LogP contribution is -2.52. The van der Waals surface area contributed by atoms with Gasteiger partial charge < -0.3 is 38.6 Å². The standard InChI is InChI=1S/C23H34N4O11S/c1-15(28)35-14-20(33)38-16(12-37-22-21(24-39-25-22)26-7-9-34-10-8-26)11-27(23(2,3)4)17(29)13-36-19(32)6-5-18(30)31/h16H,5-14H2,1-4H3,(H,30,31)/t16-/m0/s1. The van der Waals surface area contributed by atoms with Gasteiger partial charge in [0.25, 0.3) is 11.8 Å². The molecule has 0 spiro atoms. The summed E-state index contributed by atoms with van der Waals surface area (Å²) < 4.78 is 34.8. The van der Waals surface area contributed by atoms with Crippen LogP contribution in [0.5, 0.6) is 5.88 Å². The van der Waals surface area contributed by atoms with Crippen molar-refractivity contribution in [1.82, 2.24) is 13.6 Å². The van der Waals surface area contributed by atoms with E-state index in [1.54, 1.807) is 20.8 Å². The van der Waals surface area contributed by atoms with E-state index in [1.165, 1.54) is 4.90 Å². The first kappa shape index (κ1) is 31.7. The van der Waals surface area contributed by atoms with Crippen LogP contribution in [-0.4, -0.2) is 113 Å². The largest absolute Gasteiger partial charge is 0.481 e. The molecule has 2 heterocycles. The predicted molar refractivity (Wildman–Crippen MR) is 134 cm³/mol. The molecule has 0 radical (unpaired) electrons. The summed E-state index contributed by atoms with van der Waals surface area (Å²) in [6.07, 6.45) is -1.83. The van der Waals surface area contributed by atoms with E-state index in [4.69, 9.17) is 28.8 Å². The second kappa shape index (κ2) is 15.2. The minimum absolute atomic E-state index is 0.161. The number of ether oxygens (including phenoxy) is 5. The average molecular weight is 575 g/mol. The fourth-order valence-electron chi connectivity index (χ4n) is 3.37. The van der Waals surface area contributed by atoms with Crippen molar-refractivity contribution >= 4 is 47.3 Å². The van der Waals surface area contributed by atoms with Crippen LogP contribution < -0.4 is 9.64 Å². The summed E-state index contributed by atoms with van der Waals surface area (Å²) in [6.45, 7) is 6.94. The van der Waals surface area contributed by atoms with Crippen molar-refractivity contribution in [2.24, 2.45) is 0 Å². The van der Waals surface area contributed by atoms with Gasteiger partial charge in [0, 0.05) is 25.6 Å². The highest BCUT2D eigenvalue weighted by Crippen LogP contribution is 2.27. The summed E-state index contributed by atoms with van der Waals surface area (Å²) in [5, 5.41) is 8.70. The number of aliphatic carboxylic acids is 1. The predicted octanol–water partition coefficient (Wildman–Crippen LogP) is 0.264. The number of carbonyl (C=O) groups excluding carboxylic acids is 4. The molecular formula is C23H34N4O11S. The third kappa shape index (κ3) is 11.4. The van der Waals surface area contributed by atoms with Gasteiger partial charge in [-0.3, -0.25) is 19.2 Å². The van der Waals surface area contributed by atoms with E-state index in [9.17, 15) is 24.0 Å². The zero-order valence-electron chi connectivity index (χ0n) is 22.4. The van der Waals surface area contributed by atoms with Crippen LogP contribution in [0.4, 0.5) is 5.82 Å². The highest BCUT2D eigenvalue weighted by atomic mass is 32.1. The minimum Gasteiger partial charge on any atom is -0.481 e. The number of rotatable bonds is 14. The fraction of sp³-hybridized carbons (Fsp3) is 0.696. The van der Waals surface area contributed by atoms with Crippen LogP contribution in [0.2, 0.25) is 0 Å². The summed E-state index contributed by atoms with van der Waals surface area (Å²) in [5.41, 5.74) is -0.799. The number of carboxylic acid groups (broad SMARTS) is 1. The van der Waals surface area contributed by atoms with Gasteiger partial charge in [0.2, 0.25) is 5.82 Å². The molecule has 0 aliphatic carbocycles. The number of anilines is 1. The smallest absolute Gasteiger partial charge is 0.344 e. The Morgan fingerprint density at radius 1 is 1.05 bits per heavy atom. The average Bonchev–Trinajstić information content (AvgIpc) is 3.34. The van der Waals surface area contributed by atoms with Crippen LogP contribution in [0.1, 0.15) is 40.5 Å². The highest BCUT2D eigenvalue weighted by molar-refractivity contribution is 6.99. The Kier molecular flexibility index (Phi) is 12.3. The van der Waals surface area contributed by atoms with Crippen LogP contribution in [-0.2, 0) is 42.9 Å². The van der Waals surface area contributed by atoms with Crippen molar-refractivity contribution in [2.45, 2.75) is 52.2 Å². The molecule has 0 aromatic carbocycles. The van der Waals surface area contributed by atoms with Crippen LogP contribution in [0, 0.1) is 0 Å². The number of carboxylic acids is 1. The first-order chi connectivity index (χ1) is 18.4. The molecule has 1 N–H and O–H groups in total. The maximum atomic E-state index is 13.0. The van der Waals surface area contributed by atoms with Crippen molar-refractivity contribution in [3.05, 3.63) is 0 Å². The van der Waals surface area contributed by atoms with Gasteiger partial charge in [0.15, 0.2) is 19.3 Å². The topological polar surface area (TPSA) is 184 Å². The van der Waals surface area contributed by atoms with Gasteiger partial charge in [-0.15, -0.1) is 4.37 Å². The number of esters is 3. The monoisotopic (exact) mass is 574 g/mol. The van der Waals surface area contributed by atoms with Crippen molar-refractivity contribution in [3.8, 4) is 5.88 Å². The van der Waals surface area contributed by atoms with Gasteiger partial charge in [0.05, 0.1) is 44.3 Å². The van der Waals surface area contributed by atoms with E-state index in [-0.39, 0.29) is 25.5 Å². The third-order valence-electron chi connectivity index (χ3n) is 5.25. The molecule has 2 rings (SSSR count). The first-order valence-corrected chi connectivity index (χ1v) is 12.9. The number of hydrogen-bond donors (Lipinski definition) is 1. The second-order valence-electron chi connectivity index (χ2n) is 9.43. The van der Waals surface area contributed by atoms with Crippen molar-refractivity contribution in [1.29, 1.82) is 0 Å². The van der Waals surface area contributed by atoms with Gasteiger partial charge in [0.1, 0.15) is 6.61 Å². The Morgan fingerprint density at radius 2 is 1.74 bits per heavy atom. The summed E-state index contributed by atoms with van der Waals surface area (Å²) in [5.74, 6) is -3.38. The van der Waals surface area contributed by atoms with Crippen molar-refractivity contribution < 1.29 is 52.8 Å². The number of carbonyl (C=O) groups is 5. The molecule has 1 aliphatic rings. The van der Waals surface area contributed by atoms with E-state index in [0.29, 0.717) is 32.1 Å². The lowest BCUT2D eigenvalue weighted by Gasteiger charge is -2.37. The molecular weight excluding hydrogens is 540 g/mol. The summed E-state index contributed by atoms with van der Waals surface area (Å²) in [4.78, 5) is 62.2. The first-order valence-electron chi connectivity index (χ1n) is 12.2. The Morgan fingerprint density at radius 3 is 2.36 bits per heavy atom. The van der Waals surface area contributed by atoms with E-state index in [2.05, 4.69) is 8.75 Å². The molecule has 0 unspecified atom stereocenters. The zero-order chi connectivity index (χ0) is 29.0. The highest BCUT2D eigenvalue weighted by Gasteiger charge is 2.32. The fourth-order valence-corrected chi connectivity index (χ4v) is 3.89. The van der Waals surface area contributed by atoms with Crippen LogP contribution in [0.25, 0.3) is 0 Å². The molecule has 1 aromatic heterocycles. The maximum Gasteiger partial charge on any atom is 0.344 e. The quantitative estimate of drug-likeness (QED) is 0.236. The van der Waals surface area contributed by atoms with Crippen molar-refractivity contribution in [3.63, 3.8) is 0 Å². The number of amides is 1. The van der Waals surface area contributed by atoms with Crippen molar-refractivity contribution in [2.75, 3.05) is 57.6 Å². The molecule has 39 heavy (non-hydrogen) atoms.